The molecule has 31 heavy (non-hydrogen) atoms. The molecule has 0 aliphatic heterocycles. The van der Waals surface area contributed by atoms with E-state index in [2.05, 4.69) is 14.7 Å². The molecule has 1 aromatic heterocycles. The molecule has 0 saturated heterocycles. The maximum atomic E-state index is 13.5. The molecule has 1 atom stereocenters. The standard InChI is InChI=1S/C21H26FN3O5S/c1-13(2)19-17(11-10-16(26)12-18(27)30-4)20(14-6-8-15(22)9-7-14)24-21(23-19)25(3)31(5,28)29/h6-11,13,16,26H,12H2,1-5H3/b11-10+/t16-/m1/s1. The van der Waals surface area contributed by atoms with Gasteiger partial charge in [-0.3, -0.25) is 4.79 Å². The number of hydrogen-bond acceptors (Lipinski definition) is 7. The van der Waals surface area contributed by atoms with Crippen LogP contribution in [0.25, 0.3) is 17.3 Å². The molecule has 1 heterocycles. The Bertz CT molecular complexity index is 1070. The highest BCUT2D eigenvalue weighted by atomic mass is 32.2. The number of nitrogens with zero attached hydrogens (tertiary/aromatic N) is 3. The lowest BCUT2D eigenvalue weighted by Gasteiger charge is -2.20. The second-order valence-electron chi connectivity index (χ2n) is 7.27. The third kappa shape index (κ3) is 6.31. The van der Waals surface area contributed by atoms with Crippen molar-refractivity contribution in [2.75, 3.05) is 24.7 Å². The van der Waals surface area contributed by atoms with E-state index < -0.39 is 27.9 Å². The molecule has 1 N–H and O–H groups in total. The zero-order valence-electron chi connectivity index (χ0n) is 18.0. The van der Waals surface area contributed by atoms with E-state index >= 15 is 0 Å². The Kier molecular flexibility index (Phi) is 7.85. The number of sulfonamides is 1. The molecule has 0 aliphatic carbocycles. The van der Waals surface area contributed by atoms with Gasteiger partial charge in [0, 0.05) is 18.2 Å². The zero-order valence-corrected chi connectivity index (χ0v) is 18.9. The van der Waals surface area contributed by atoms with Gasteiger partial charge in [-0.1, -0.05) is 26.0 Å². The first-order valence-electron chi connectivity index (χ1n) is 9.48. The van der Waals surface area contributed by atoms with Crippen LogP contribution in [0.2, 0.25) is 0 Å². The lowest BCUT2D eigenvalue weighted by atomic mass is 9.97. The van der Waals surface area contributed by atoms with E-state index in [1.165, 1.54) is 44.5 Å². The van der Waals surface area contributed by atoms with Gasteiger partial charge < -0.3 is 9.84 Å². The van der Waals surface area contributed by atoms with E-state index in [1.54, 1.807) is 6.08 Å². The van der Waals surface area contributed by atoms with E-state index in [-0.39, 0.29) is 18.3 Å². The summed E-state index contributed by atoms with van der Waals surface area (Å²) in [4.78, 5) is 20.3. The van der Waals surface area contributed by atoms with Gasteiger partial charge in [0.15, 0.2) is 0 Å². The van der Waals surface area contributed by atoms with Crippen molar-refractivity contribution in [3.8, 4) is 11.3 Å². The molecule has 0 fully saturated rings. The van der Waals surface area contributed by atoms with Gasteiger partial charge in [-0.15, -0.1) is 0 Å². The van der Waals surface area contributed by atoms with Crippen LogP contribution in [0.1, 0.15) is 37.4 Å². The minimum atomic E-state index is -3.62. The normalized spacial score (nSPS) is 12.9. The van der Waals surface area contributed by atoms with Crippen molar-refractivity contribution in [3.05, 3.63) is 47.4 Å². The molecular formula is C21H26FN3O5S. The second-order valence-corrected chi connectivity index (χ2v) is 9.28. The molecule has 0 saturated carbocycles. The molecule has 1 aromatic carbocycles. The highest BCUT2D eigenvalue weighted by Crippen LogP contribution is 2.31. The molecule has 2 aromatic rings. The second kappa shape index (κ2) is 9.97. The number of carbonyl (C=O) groups is 1. The van der Waals surface area contributed by atoms with Crippen molar-refractivity contribution in [2.24, 2.45) is 0 Å². The number of benzene rings is 1. The summed E-state index contributed by atoms with van der Waals surface area (Å²) in [5.74, 6) is -1.16. The third-order valence-electron chi connectivity index (χ3n) is 4.50. The van der Waals surface area contributed by atoms with Crippen molar-refractivity contribution >= 4 is 28.0 Å². The number of rotatable bonds is 8. The number of esters is 1. The first-order valence-corrected chi connectivity index (χ1v) is 11.3. The van der Waals surface area contributed by atoms with Gasteiger partial charge in [0.25, 0.3) is 0 Å². The predicted octanol–water partition coefficient (Wildman–Crippen LogP) is 2.74. The number of ether oxygens (including phenoxy) is 1. The number of aromatic nitrogens is 2. The number of methoxy groups -OCH3 is 1. The molecule has 2 rings (SSSR count). The monoisotopic (exact) mass is 451 g/mol. The van der Waals surface area contributed by atoms with Crippen molar-refractivity contribution in [3.63, 3.8) is 0 Å². The Hall–Kier alpha value is -2.85. The van der Waals surface area contributed by atoms with E-state index in [0.717, 1.165) is 10.6 Å². The topological polar surface area (TPSA) is 110 Å². The molecule has 8 nitrogen and oxygen atoms in total. The van der Waals surface area contributed by atoms with Gasteiger partial charge >= 0.3 is 5.97 Å². The third-order valence-corrected chi connectivity index (χ3v) is 5.65. The van der Waals surface area contributed by atoms with Crippen LogP contribution in [0.5, 0.6) is 0 Å². The van der Waals surface area contributed by atoms with Crippen molar-refractivity contribution in [1.29, 1.82) is 0 Å². The minimum absolute atomic E-state index is 0.0298. The highest BCUT2D eigenvalue weighted by Gasteiger charge is 2.22. The average molecular weight is 452 g/mol. The molecule has 0 unspecified atom stereocenters. The van der Waals surface area contributed by atoms with Crippen LogP contribution >= 0.6 is 0 Å². The summed E-state index contributed by atoms with van der Waals surface area (Å²) in [6.07, 6.45) is 2.69. The SMILES string of the molecule is COC(=O)C[C@H](O)/C=C/c1c(-c2ccc(F)cc2)nc(N(C)S(C)(=O)=O)nc1C(C)C. The van der Waals surface area contributed by atoms with Crippen LogP contribution in [-0.2, 0) is 19.6 Å². The van der Waals surface area contributed by atoms with Gasteiger partial charge in [0.05, 0.1) is 37.3 Å². The van der Waals surface area contributed by atoms with Gasteiger partial charge in [-0.2, -0.15) is 0 Å². The summed E-state index contributed by atoms with van der Waals surface area (Å²) in [6.45, 7) is 3.76. The summed E-state index contributed by atoms with van der Waals surface area (Å²) >= 11 is 0. The van der Waals surface area contributed by atoms with E-state index in [1.807, 2.05) is 13.8 Å². The Morgan fingerprint density at radius 1 is 1.26 bits per heavy atom. The van der Waals surface area contributed by atoms with Crippen LogP contribution in [0.15, 0.2) is 30.3 Å². The zero-order chi connectivity index (χ0) is 23.3. The molecule has 168 valence electrons. The summed E-state index contributed by atoms with van der Waals surface area (Å²) in [5, 5.41) is 10.1. The Morgan fingerprint density at radius 3 is 2.39 bits per heavy atom. The van der Waals surface area contributed by atoms with Gasteiger partial charge in [0.2, 0.25) is 16.0 Å². The van der Waals surface area contributed by atoms with Crippen LogP contribution in [0, 0.1) is 5.82 Å². The van der Waals surface area contributed by atoms with Crippen molar-refractivity contribution in [1.82, 2.24) is 9.97 Å². The fourth-order valence-corrected chi connectivity index (χ4v) is 3.10. The highest BCUT2D eigenvalue weighted by molar-refractivity contribution is 7.92. The van der Waals surface area contributed by atoms with Crippen molar-refractivity contribution < 1.29 is 27.4 Å². The Morgan fingerprint density at radius 2 is 1.87 bits per heavy atom. The van der Waals surface area contributed by atoms with E-state index in [9.17, 15) is 22.7 Å². The number of anilines is 1. The largest absolute Gasteiger partial charge is 0.469 e. The van der Waals surface area contributed by atoms with Gasteiger partial charge in [0.1, 0.15) is 5.82 Å². The summed E-state index contributed by atoms with van der Waals surface area (Å²) in [6, 6.07) is 5.58. The minimum Gasteiger partial charge on any atom is -0.469 e. The van der Waals surface area contributed by atoms with Crippen LogP contribution in [-0.4, -0.2) is 56.0 Å². The number of aliphatic hydroxyl groups excluding tert-OH is 1. The summed E-state index contributed by atoms with van der Waals surface area (Å²) < 4.78 is 43.1. The number of halogens is 1. The quantitative estimate of drug-likeness (QED) is 0.615. The summed E-state index contributed by atoms with van der Waals surface area (Å²) in [5.41, 5.74) is 1.96. The molecule has 0 radical (unpaired) electrons. The van der Waals surface area contributed by atoms with Crippen LogP contribution < -0.4 is 4.31 Å². The number of aliphatic hydroxyl groups is 1. The first kappa shape index (κ1) is 24.4. The summed E-state index contributed by atoms with van der Waals surface area (Å²) in [7, 11) is -1.04. The fourth-order valence-electron chi connectivity index (χ4n) is 2.73. The average Bonchev–Trinajstić information content (AvgIpc) is 2.70. The number of carbonyl (C=O) groups excluding carboxylic acids is 1. The van der Waals surface area contributed by atoms with Crippen molar-refractivity contribution in [2.45, 2.75) is 32.3 Å². The lowest BCUT2D eigenvalue weighted by molar-refractivity contribution is -0.142. The maximum Gasteiger partial charge on any atom is 0.308 e. The molecule has 10 heteroatoms. The molecule has 0 aliphatic rings. The smallest absolute Gasteiger partial charge is 0.308 e. The van der Waals surface area contributed by atoms with Crippen LogP contribution in [0.3, 0.4) is 0 Å². The maximum absolute atomic E-state index is 13.5. The number of hydrogen-bond donors (Lipinski definition) is 1. The predicted molar refractivity (Wildman–Crippen MR) is 116 cm³/mol. The molecule has 0 spiro atoms. The fraction of sp³-hybridized carbons (Fsp3) is 0.381. The Balaban J connectivity index is 2.70. The van der Waals surface area contributed by atoms with Gasteiger partial charge in [-0.05, 0) is 30.2 Å². The van der Waals surface area contributed by atoms with Gasteiger partial charge in [-0.25, -0.2) is 27.1 Å². The molecular weight excluding hydrogens is 425 g/mol. The van der Waals surface area contributed by atoms with E-state index in [0.29, 0.717) is 22.5 Å². The lowest BCUT2D eigenvalue weighted by Crippen LogP contribution is -2.27. The van der Waals surface area contributed by atoms with E-state index in [4.69, 9.17) is 0 Å². The molecule has 0 bridgehead atoms. The van der Waals surface area contributed by atoms with Crippen LogP contribution in [0.4, 0.5) is 10.3 Å². The Labute approximate surface area is 181 Å². The molecule has 0 amide bonds. The first-order chi connectivity index (χ1) is 14.4.